The van der Waals surface area contributed by atoms with Crippen molar-refractivity contribution in [1.29, 1.82) is 0 Å². The Bertz CT molecular complexity index is 521. The molecule has 1 aromatic carbocycles. The Kier molecular flexibility index (Phi) is 2.63. The van der Waals surface area contributed by atoms with Gasteiger partial charge in [0.25, 0.3) is 6.01 Å². The molecule has 0 aliphatic heterocycles. The number of hydrogen-bond donors (Lipinski definition) is 2. The number of para-hydroxylation sites is 1. The molecular formula is C10H11N3O3. The first-order valence-electron chi connectivity index (χ1n) is 4.66. The van der Waals surface area contributed by atoms with Crippen molar-refractivity contribution >= 4 is 28.8 Å². The van der Waals surface area contributed by atoms with Crippen LogP contribution >= 0.6 is 0 Å². The van der Waals surface area contributed by atoms with Gasteiger partial charge >= 0.3 is 5.97 Å². The summed E-state index contributed by atoms with van der Waals surface area (Å²) in [6.45, 7) is 0.00320. The molecule has 0 unspecified atom stereocenters. The maximum absolute atomic E-state index is 10.9. The smallest absolute Gasteiger partial charge is 0.325 e. The van der Waals surface area contributed by atoms with E-state index in [0.717, 1.165) is 0 Å². The largest absolute Gasteiger partial charge is 0.468 e. The van der Waals surface area contributed by atoms with Crippen LogP contribution in [-0.4, -0.2) is 24.6 Å². The van der Waals surface area contributed by atoms with Crippen molar-refractivity contribution in [1.82, 2.24) is 4.98 Å². The average Bonchev–Trinajstić information content (AvgIpc) is 2.70. The number of hydrogen-bond acceptors (Lipinski definition) is 6. The zero-order chi connectivity index (χ0) is 11.5. The predicted octanol–water partition coefficient (Wildman–Crippen LogP) is 0.995. The number of ether oxygens (including phenoxy) is 1. The van der Waals surface area contributed by atoms with Gasteiger partial charge in [0.1, 0.15) is 12.1 Å². The van der Waals surface area contributed by atoms with Gasteiger partial charge in [0.2, 0.25) is 0 Å². The Morgan fingerprint density at radius 1 is 1.62 bits per heavy atom. The van der Waals surface area contributed by atoms with E-state index < -0.39 is 5.97 Å². The molecule has 6 heteroatoms. The highest BCUT2D eigenvalue weighted by Gasteiger charge is 2.08. The molecular weight excluding hydrogens is 210 g/mol. The van der Waals surface area contributed by atoms with Gasteiger partial charge in [-0.15, -0.1) is 0 Å². The van der Waals surface area contributed by atoms with E-state index in [9.17, 15) is 4.79 Å². The number of oxazole rings is 1. The summed E-state index contributed by atoms with van der Waals surface area (Å²) in [4.78, 5) is 15.0. The number of methoxy groups -OCH3 is 1. The molecule has 84 valence electrons. The van der Waals surface area contributed by atoms with Crippen molar-refractivity contribution in [2.75, 3.05) is 24.7 Å². The summed E-state index contributed by atoms with van der Waals surface area (Å²) in [5.41, 5.74) is 7.40. The van der Waals surface area contributed by atoms with Crippen LogP contribution in [0.4, 0.5) is 11.7 Å². The summed E-state index contributed by atoms with van der Waals surface area (Å²) >= 11 is 0. The van der Waals surface area contributed by atoms with Gasteiger partial charge in [-0.1, -0.05) is 6.07 Å². The van der Waals surface area contributed by atoms with Gasteiger partial charge in [-0.25, -0.2) is 0 Å². The SMILES string of the molecule is COC(=O)CNc1nc2c(N)cccc2o1. The first-order valence-corrected chi connectivity index (χ1v) is 4.66. The van der Waals surface area contributed by atoms with Gasteiger partial charge in [0.05, 0.1) is 12.8 Å². The van der Waals surface area contributed by atoms with Gasteiger partial charge < -0.3 is 20.2 Å². The van der Waals surface area contributed by atoms with Crippen molar-refractivity contribution in [3.63, 3.8) is 0 Å². The van der Waals surface area contributed by atoms with E-state index in [1.54, 1.807) is 18.2 Å². The molecule has 3 N–H and O–H groups in total. The lowest BCUT2D eigenvalue weighted by Crippen LogP contribution is -2.14. The Morgan fingerprint density at radius 3 is 3.12 bits per heavy atom. The molecule has 0 saturated heterocycles. The number of nitrogens with zero attached hydrogens (tertiary/aromatic N) is 1. The van der Waals surface area contributed by atoms with E-state index >= 15 is 0 Å². The molecule has 1 aromatic heterocycles. The molecule has 6 nitrogen and oxygen atoms in total. The van der Waals surface area contributed by atoms with E-state index in [0.29, 0.717) is 16.8 Å². The van der Waals surface area contributed by atoms with Crippen molar-refractivity contribution in [3.8, 4) is 0 Å². The molecule has 0 saturated carbocycles. The van der Waals surface area contributed by atoms with E-state index in [4.69, 9.17) is 10.2 Å². The number of benzene rings is 1. The van der Waals surface area contributed by atoms with Crippen LogP contribution in [0, 0.1) is 0 Å². The Morgan fingerprint density at radius 2 is 2.44 bits per heavy atom. The van der Waals surface area contributed by atoms with Crippen LogP contribution in [0.25, 0.3) is 11.1 Å². The van der Waals surface area contributed by atoms with Crippen molar-refractivity contribution in [2.24, 2.45) is 0 Å². The first kappa shape index (κ1) is 10.3. The third kappa shape index (κ3) is 1.90. The molecule has 16 heavy (non-hydrogen) atoms. The highest BCUT2D eigenvalue weighted by atomic mass is 16.5. The zero-order valence-electron chi connectivity index (χ0n) is 8.69. The summed E-state index contributed by atoms with van der Waals surface area (Å²) in [5, 5.41) is 2.70. The fourth-order valence-electron chi connectivity index (χ4n) is 1.27. The van der Waals surface area contributed by atoms with Crippen LogP contribution in [0.2, 0.25) is 0 Å². The molecule has 0 bridgehead atoms. The number of carbonyl (C=O) groups is 1. The van der Waals surface area contributed by atoms with E-state index in [1.807, 2.05) is 0 Å². The normalized spacial score (nSPS) is 10.3. The van der Waals surface area contributed by atoms with E-state index in [2.05, 4.69) is 15.0 Å². The second-order valence-electron chi connectivity index (χ2n) is 3.14. The van der Waals surface area contributed by atoms with Crippen LogP contribution in [0.5, 0.6) is 0 Å². The quantitative estimate of drug-likeness (QED) is 0.593. The molecule has 0 spiro atoms. The number of rotatable bonds is 3. The number of aromatic nitrogens is 1. The van der Waals surface area contributed by atoms with E-state index in [-0.39, 0.29) is 12.6 Å². The van der Waals surface area contributed by atoms with Gasteiger partial charge in [0, 0.05) is 0 Å². The highest BCUT2D eigenvalue weighted by molar-refractivity contribution is 5.86. The summed E-state index contributed by atoms with van der Waals surface area (Å²) in [6.07, 6.45) is 0. The van der Waals surface area contributed by atoms with Crippen LogP contribution < -0.4 is 11.1 Å². The third-order valence-corrected chi connectivity index (χ3v) is 2.06. The molecule has 1 heterocycles. The minimum absolute atomic E-state index is 0.00320. The monoisotopic (exact) mass is 221 g/mol. The van der Waals surface area contributed by atoms with E-state index in [1.165, 1.54) is 7.11 Å². The molecule has 0 amide bonds. The van der Waals surface area contributed by atoms with Gasteiger partial charge in [-0.05, 0) is 12.1 Å². The number of esters is 1. The highest BCUT2D eigenvalue weighted by Crippen LogP contribution is 2.23. The second kappa shape index (κ2) is 4.09. The van der Waals surface area contributed by atoms with Crippen molar-refractivity contribution in [2.45, 2.75) is 0 Å². The lowest BCUT2D eigenvalue weighted by molar-refractivity contribution is -0.138. The summed E-state index contributed by atoms with van der Waals surface area (Å²) in [7, 11) is 1.31. The number of anilines is 2. The third-order valence-electron chi connectivity index (χ3n) is 2.06. The van der Waals surface area contributed by atoms with Gasteiger partial charge in [0.15, 0.2) is 5.58 Å². The lowest BCUT2D eigenvalue weighted by Gasteiger charge is -1.98. The lowest BCUT2D eigenvalue weighted by atomic mass is 10.3. The molecule has 2 aromatic rings. The Hall–Kier alpha value is -2.24. The van der Waals surface area contributed by atoms with Gasteiger partial charge in [-0.2, -0.15) is 4.98 Å². The van der Waals surface area contributed by atoms with Gasteiger partial charge in [-0.3, -0.25) is 4.79 Å². The topological polar surface area (TPSA) is 90.4 Å². The zero-order valence-corrected chi connectivity index (χ0v) is 8.69. The molecule has 0 aliphatic carbocycles. The minimum atomic E-state index is -0.393. The number of fused-ring (bicyclic) bond motifs is 1. The standard InChI is InChI=1S/C10H11N3O3/c1-15-8(14)5-12-10-13-9-6(11)3-2-4-7(9)16-10/h2-4H,5,11H2,1H3,(H,12,13). The number of nitrogen functional groups attached to an aromatic ring is 1. The fraction of sp³-hybridized carbons (Fsp3) is 0.200. The summed E-state index contributed by atoms with van der Waals surface area (Å²) in [5.74, 6) is -0.393. The molecule has 0 radical (unpaired) electrons. The fourth-order valence-corrected chi connectivity index (χ4v) is 1.27. The van der Waals surface area contributed by atoms with Crippen molar-refractivity contribution in [3.05, 3.63) is 18.2 Å². The van der Waals surface area contributed by atoms with Crippen molar-refractivity contribution < 1.29 is 13.9 Å². The van der Waals surface area contributed by atoms with Crippen LogP contribution in [0.15, 0.2) is 22.6 Å². The predicted molar refractivity (Wildman–Crippen MR) is 58.9 cm³/mol. The number of carbonyl (C=O) groups excluding carboxylic acids is 1. The van der Waals surface area contributed by atoms with Crippen LogP contribution in [-0.2, 0) is 9.53 Å². The Balaban J connectivity index is 2.20. The minimum Gasteiger partial charge on any atom is -0.468 e. The second-order valence-corrected chi connectivity index (χ2v) is 3.14. The molecule has 2 rings (SSSR count). The first-order chi connectivity index (χ1) is 7.70. The maximum atomic E-state index is 10.9. The number of nitrogens with one attached hydrogen (secondary N) is 1. The summed E-state index contributed by atoms with van der Waals surface area (Å²) in [6, 6.07) is 5.50. The summed E-state index contributed by atoms with van der Waals surface area (Å²) < 4.78 is 9.81. The molecule has 0 aliphatic rings. The maximum Gasteiger partial charge on any atom is 0.325 e. The van der Waals surface area contributed by atoms with Crippen LogP contribution in [0.3, 0.4) is 0 Å². The average molecular weight is 221 g/mol. The molecule has 0 atom stereocenters. The molecule has 0 fully saturated rings. The Labute approximate surface area is 91.4 Å². The number of nitrogens with two attached hydrogens (primary N) is 1. The van der Waals surface area contributed by atoms with Crippen LogP contribution in [0.1, 0.15) is 0 Å².